The summed E-state index contributed by atoms with van der Waals surface area (Å²) in [6.07, 6.45) is 0.656. The molecule has 14 heavy (non-hydrogen) atoms. The summed E-state index contributed by atoms with van der Waals surface area (Å²) in [5.41, 5.74) is 0.728. The van der Waals surface area contributed by atoms with Gasteiger partial charge in [0.15, 0.2) is 0 Å². The van der Waals surface area contributed by atoms with Gasteiger partial charge in [0.2, 0.25) is 0 Å². The average molecular weight is 194 g/mol. The van der Waals surface area contributed by atoms with E-state index in [0.29, 0.717) is 17.4 Å². The van der Waals surface area contributed by atoms with Crippen LogP contribution in [0.1, 0.15) is 20.7 Å². The first kappa shape index (κ1) is 10.4. The molecule has 74 valence electrons. The number of esters is 1. The fourth-order valence-corrected chi connectivity index (χ4v) is 0.961. The molecule has 0 aromatic heterocycles. The molecule has 0 atom stereocenters. The van der Waals surface area contributed by atoms with Crippen molar-refractivity contribution >= 4 is 12.3 Å². The average Bonchev–Trinajstić information content (AvgIpc) is 2.26. The Kier molecular flexibility index (Phi) is 3.82. The maximum absolute atomic E-state index is 11.2. The lowest BCUT2D eigenvalue weighted by Gasteiger charge is -2.02. The Balaban J connectivity index is 2.74. The topological polar surface area (TPSA) is 63.6 Å². The highest BCUT2D eigenvalue weighted by atomic mass is 16.5. The summed E-state index contributed by atoms with van der Waals surface area (Å²) in [7, 11) is 0. The zero-order chi connectivity index (χ0) is 10.4. The van der Waals surface area contributed by atoms with Crippen molar-refractivity contribution in [1.29, 1.82) is 0 Å². The number of hydrogen-bond donors (Lipinski definition) is 1. The molecule has 1 rings (SSSR count). The van der Waals surface area contributed by atoms with E-state index < -0.39 is 5.97 Å². The number of hydrogen-bond acceptors (Lipinski definition) is 4. The summed E-state index contributed by atoms with van der Waals surface area (Å²) in [6.45, 7) is -0.247. The summed E-state index contributed by atoms with van der Waals surface area (Å²) in [4.78, 5) is 21.6. The normalized spacial score (nSPS) is 9.50. The van der Waals surface area contributed by atoms with Crippen LogP contribution >= 0.6 is 0 Å². The standard InChI is InChI=1S/C10H10O4/c11-4-5-14-10(13)9-3-1-2-8(6-9)7-12/h1-3,6-7,11H,4-5H2. The van der Waals surface area contributed by atoms with Gasteiger partial charge in [-0.1, -0.05) is 12.1 Å². The minimum Gasteiger partial charge on any atom is -0.460 e. The predicted octanol–water partition coefficient (Wildman–Crippen LogP) is 0.648. The van der Waals surface area contributed by atoms with E-state index in [1.807, 2.05) is 0 Å². The van der Waals surface area contributed by atoms with Crippen LogP contribution in [0.15, 0.2) is 24.3 Å². The molecule has 1 aromatic carbocycles. The van der Waals surface area contributed by atoms with Crippen molar-refractivity contribution in [1.82, 2.24) is 0 Å². The van der Waals surface area contributed by atoms with Crippen molar-refractivity contribution in [3.05, 3.63) is 35.4 Å². The van der Waals surface area contributed by atoms with E-state index in [9.17, 15) is 9.59 Å². The molecule has 0 saturated carbocycles. The summed E-state index contributed by atoms with van der Waals surface area (Å²) < 4.78 is 4.67. The van der Waals surface area contributed by atoms with Gasteiger partial charge in [-0.15, -0.1) is 0 Å². The number of carbonyl (C=O) groups excluding carboxylic acids is 2. The minimum absolute atomic E-state index is 0.0375. The molecule has 0 spiro atoms. The molecule has 0 aliphatic heterocycles. The van der Waals surface area contributed by atoms with E-state index in [1.165, 1.54) is 6.07 Å². The molecule has 0 fully saturated rings. The van der Waals surface area contributed by atoms with Crippen LogP contribution in [0, 0.1) is 0 Å². The molecule has 0 aliphatic carbocycles. The summed E-state index contributed by atoms with van der Waals surface area (Å²) in [5.74, 6) is -0.539. The number of rotatable bonds is 4. The predicted molar refractivity (Wildman–Crippen MR) is 49.2 cm³/mol. The van der Waals surface area contributed by atoms with Crippen LogP contribution in [-0.2, 0) is 4.74 Å². The van der Waals surface area contributed by atoms with E-state index in [2.05, 4.69) is 4.74 Å². The Hall–Kier alpha value is -1.68. The van der Waals surface area contributed by atoms with Crippen LogP contribution in [-0.4, -0.2) is 30.6 Å². The van der Waals surface area contributed by atoms with Crippen LogP contribution in [0.5, 0.6) is 0 Å². The maximum Gasteiger partial charge on any atom is 0.338 e. The number of carbonyl (C=O) groups is 2. The third kappa shape index (κ3) is 2.67. The fourth-order valence-electron chi connectivity index (χ4n) is 0.961. The van der Waals surface area contributed by atoms with E-state index in [0.717, 1.165) is 0 Å². The van der Waals surface area contributed by atoms with E-state index in [1.54, 1.807) is 18.2 Å². The second kappa shape index (κ2) is 5.14. The molecular formula is C10H10O4. The highest BCUT2D eigenvalue weighted by molar-refractivity contribution is 5.91. The van der Waals surface area contributed by atoms with E-state index >= 15 is 0 Å². The number of aliphatic hydroxyl groups excluding tert-OH is 1. The van der Waals surface area contributed by atoms with E-state index in [4.69, 9.17) is 5.11 Å². The maximum atomic E-state index is 11.2. The molecule has 4 nitrogen and oxygen atoms in total. The monoisotopic (exact) mass is 194 g/mol. The SMILES string of the molecule is O=Cc1cccc(C(=O)OCCO)c1. The minimum atomic E-state index is -0.539. The van der Waals surface area contributed by atoms with Crippen molar-refractivity contribution < 1.29 is 19.4 Å². The van der Waals surface area contributed by atoms with Gasteiger partial charge in [0.25, 0.3) is 0 Å². The Morgan fingerprint density at radius 3 is 2.93 bits per heavy atom. The molecule has 0 aliphatic rings. The highest BCUT2D eigenvalue weighted by Gasteiger charge is 2.06. The summed E-state index contributed by atoms with van der Waals surface area (Å²) in [6, 6.07) is 6.18. The summed E-state index contributed by atoms with van der Waals surface area (Å²) >= 11 is 0. The van der Waals surface area contributed by atoms with Gasteiger partial charge in [0.05, 0.1) is 12.2 Å². The molecule has 0 amide bonds. The van der Waals surface area contributed by atoms with Crippen molar-refractivity contribution in [2.45, 2.75) is 0 Å². The van der Waals surface area contributed by atoms with Gasteiger partial charge >= 0.3 is 5.97 Å². The van der Waals surface area contributed by atoms with Crippen molar-refractivity contribution in [2.24, 2.45) is 0 Å². The Morgan fingerprint density at radius 1 is 1.50 bits per heavy atom. The zero-order valence-corrected chi connectivity index (χ0v) is 7.47. The van der Waals surface area contributed by atoms with Crippen LogP contribution < -0.4 is 0 Å². The molecule has 1 aromatic rings. The van der Waals surface area contributed by atoms with Crippen molar-refractivity contribution in [2.75, 3.05) is 13.2 Å². The first-order chi connectivity index (χ1) is 6.77. The first-order valence-electron chi connectivity index (χ1n) is 4.11. The van der Waals surface area contributed by atoms with Crippen LogP contribution in [0.25, 0.3) is 0 Å². The molecular weight excluding hydrogens is 184 g/mol. The first-order valence-corrected chi connectivity index (χ1v) is 4.11. The molecule has 0 unspecified atom stereocenters. The molecule has 4 heteroatoms. The van der Waals surface area contributed by atoms with Crippen LogP contribution in [0.2, 0.25) is 0 Å². The molecule has 1 N–H and O–H groups in total. The van der Waals surface area contributed by atoms with Crippen LogP contribution in [0.4, 0.5) is 0 Å². The van der Waals surface area contributed by atoms with Gasteiger partial charge in [-0.2, -0.15) is 0 Å². The van der Waals surface area contributed by atoms with Gasteiger partial charge in [-0.25, -0.2) is 4.79 Å². The molecule has 0 saturated heterocycles. The molecule has 0 heterocycles. The largest absolute Gasteiger partial charge is 0.460 e. The second-order valence-electron chi connectivity index (χ2n) is 2.60. The Labute approximate surface area is 81.1 Å². The van der Waals surface area contributed by atoms with E-state index in [-0.39, 0.29) is 13.2 Å². The molecule has 0 radical (unpaired) electrons. The summed E-state index contributed by atoms with van der Waals surface area (Å²) in [5, 5.41) is 8.43. The van der Waals surface area contributed by atoms with Gasteiger partial charge in [-0.3, -0.25) is 4.79 Å². The Bertz CT molecular complexity index is 333. The third-order valence-corrected chi connectivity index (χ3v) is 1.58. The number of aliphatic hydroxyl groups is 1. The zero-order valence-electron chi connectivity index (χ0n) is 7.47. The Morgan fingerprint density at radius 2 is 2.29 bits per heavy atom. The number of ether oxygens (including phenoxy) is 1. The van der Waals surface area contributed by atoms with Gasteiger partial charge < -0.3 is 9.84 Å². The van der Waals surface area contributed by atoms with Gasteiger partial charge in [-0.05, 0) is 12.1 Å². The molecule has 0 bridgehead atoms. The van der Waals surface area contributed by atoms with Crippen LogP contribution in [0.3, 0.4) is 0 Å². The quantitative estimate of drug-likeness (QED) is 0.564. The lowest BCUT2D eigenvalue weighted by Crippen LogP contribution is -2.08. The van der Waals surface area contributed by atoms with Gasteiger partial charge in [0, 0.05) is 5.56 Å². The number of benzene rings is 1. The second-order valence-corrected chi connectivity index (χ2v) is 2.60. The smallest absolute Gasteiger partial charge is 0.338 e. The van der Waals surface area contributed by atoms with Gasteiger partial charge in [0.1, 0.15) is 12.9 Å². The third-order valence-electron chi connectivity index (χ3n) is 1.58. The highest BCUT2D eigenvalue weighted by Crippen LogP contribution is 2.04. The van der Waals surface area contributed by atoms with Crippen molar-refractivity contribution in [3.63, 3.8) is 0 Å². The lowest BCUT2D eigenvalue weighted by molar-refractivity contribution is 0.0434. The fraction of sp³-hybridized carbons (Fsp3) is 0.200. The van der Waals surface area contributed by atoms with Crippen molar-refractivity contribution in [3.8, 4) is 0 Å². The lowest BCUT2D eigenvalue weighted by atomic mass is 10.1. The number of aldehydes is 1.